The molecule has 0 spiro atoms. The number of hydrogen-bond donors (Lipinski definition) is 2. The molecule has 2 N–H and O–H groups in total. The molecule has 0 saturated heterocycles. The summed E-state index contributed by atoms with van der Waals surface area (Å²) in [6, 6.07) is 0. The lowest BCUT2D eigenvalue weighted by molar-refractivity contribution is -0.132. The van der Waals surface area contributed by atoms with Crippen LogP contribution in [0.5, 0.6) is 0 Å². The van der Waals surface area contributed by atoms with Gasteiger partial charge in [-0.2, -0.15) is 0 Å². The topological polar surface area (TPSA) is 76.7 Å². The van der Waals surface area contributed by atoms with E-state index >= 15 is 0 Å². The fourth-order valence-corrected chi connectivity index (χ4v) is 1.99. The summed E-state index contributed by atoms with van der Waals surface area (Å²) < 4.78 is 10.8. The third-order valence-electron chi connectivity index (χ3n) is 3.27. The number of hydrogen-bond acceptors (Lipinski definition) is 4. The standard InChI is InChI=1S/C17H34N2O4/c1-12(2)15(17(21)19-8-10-23-14(5)6)11-16(20)18-7-9-22-13(3)4/h12-15H,7-11H2,1-6H3,(H,18,20)(H,19,21). The van der Waals surface area contributed by atoms with Crippen molar-refractivity contribution in [2.45, 2.75) is 60.2 Å². The molecule has 23 heavy (non-hydrogen) atoms. The van der Waals surface area contributed by atoms with Crippen LogP contribution in [-0.2, 0) is 19.1 Å². The van der Waals surface area contributed by atoms with Crippen LogP contribution in [0.4, 0.5) is 0 Å². The monoisotopic (exact) mass is 330 g/mol. The van der Waals surface area contributed by atoms with Crippen molar-refractivity contribution in [3.63, 3.8) is 0 Å². The third kappa shape index (κ3) is 12.0. The fraction of sp³-hybridized carbons (Fsp3) is 0.882. The average molecular weight is 330 g/mol. The van der Waals surface area contributed by atoms with Gasteiger partial charge in [-0.1, -0.05) is 13.8 Å². The summed E-state index contributed by atoms with van der Waals surface area (Å²) in [5, 5.41) is 5.63. The Bertz CT molecular complexity index is 343. The molecule has 6 heteroatoms. The second-order valence-corrected chi connectivity index (χ2v) is 6.53. The van der Waals surface area contributed by atoms with Gasteiger partial charge in [0.25, 0.3) is 0 Å². The van der Waals surface area contributed by atoms with Crippen molar-refractivity contribution in [1.82, 2.24) is 10.6 Å². The SMILES string of the molecule is CC(C)OCCNC(=O)CC(C(=O)NCCOC(C)C)C(C)C. The van der Waals surface area contributed by atoms with Crippen LogP contribution in [0.15, 0.2) is 0 Å². The Morgan fingerprint density at radius 2 is 1.30 bits per heavy atom. The molecule has 0 bridgehead atoms. The summed E-state index contributed by atoms with van der Waals surface area (Å²) >= 11 is 0. The zero-order valence-electron chi connectivity index (χ0n) is 15.5. The third-order valence-corrected chi connectivity index (χ3v) is 3.27. The Kier molecular flexibility index (Phi) is 11.7. The van der Waals surface area contributed by atoms with Gasteiger partial charge in [-0.25, -0.2) is 0 Å². The van der Waals surface area contributed by atoms with Crippen LogP contribution in [0.3, 0.4) is 0 Å². The minimum Gasteiger partial charge on any atom is -0.377 e. The maximum absolute atomic E-state index is 12.2. The van der Waals surface area contributed by atoms with Crippen LogP contribution < -0.4 is 10.6 Å². The molecule has 0 aromatic carbocycles. The molecule has 1 atom stereocenters. The van der Waals surface area contributed by atoms with Gasteiger partial charge in [0.05, 0.1) is 25.4 Å². The molecule has 6 nitrogen and oxygen atoms in total. The van der Waals surface area contributed by atoms with Crippen molar-refractivity contribution in [2.24, 2.45) is 11.8 Å². The predicted octanol–water partition coefficient (Wildman–Crippen LogP) is 1.73. The van der Waals surface area contributed by atoms with Gasteiger partial charge in [0.2, 0.25) is 11.8 Å². The van der Waals surface area contributed by atoms with E-state index in [2.05, 4.69) is 10.6 Å². The first kappa shape index (κ1) is 21.9. The summed E-state index contributed by atoms with van der Waals surface area (Å²) in [6.45, 7) is 13.6. The number of rotatable bonds is 12. The normalized spacial score (nSPS) is 12.7. The Labute approximate surface area is 140 Å². The lowest BCUT2D eigenvalue weighted by Crippen LogP contribution is -2.39. The Morgan fingerprint density at radius 1 is 0.826 bits per heavy atom. The molecule has 0 aliphatic heterocycles. The van der Waals surface area contributed by atoms with E-state index in [0.717, 1.165) is 0 Å². The summed E-state index contributed by atoms with van der Waals surface area (Å²) in [4.78, 5) is 24.2. The lowest BCUT2D eigenvalue weighted by Gasteiger charge is -2.20. The van der Waals surface area contributed by atoms with Crippen LogP contribution in [0.25, 0.3) is 0 Å². The zero-order valence-corrected chi connectivity index (χ0v) is 15.5. The van der Waals surface area contributed by atoms with E-state index in [1.807, 2.05) is 41.5 Å². The van der Waals surface area contributed by atoms with Crippen LogP contribution in [0.1, 0.15) is 48.0 Å². The molecule has 0 fully saturated rings. The summed E-state index contributed by atoms with van der Waals surface area (Å²) in [5.74, 6) is -0.454. The summed E-state index contributed by atoms with van der Waals surface area (Å²) in [7, 11) is 0. The minimum absolute atomic E-state index is 0.0960. The van der Waals surface area contributed by atoms with Gasteiger partial charge in [-0.05, 0) is 33.6 Å². The van der Waals surface area contributed by atoms with Crippen molar-refractivity contribution in [2.75, 3.05) is 26.3 Å². The largest absolute Gasteiger partial charge is 0.377 e. The molecule has 1 unspecified atom stereocenters. The summed E-state index contributed by atoms with van der Waals surface area (Å²) in [5.41, 5.74) is 0. The second kappa shape index (κ2) is 12.3. The van der Waals surface area contributed by atoms with E-state index in [9.17, 15) is 9.59 Å². The smallest absolute Gasteiger partial charge is 0.223 e. The highest BCUT2D eigenvalue weighted by Crippen LogP contribution is 2.15. The van der Waals surface area contributed by atoms with Gasteiger partial charge >= 0.3 is 0 Å². The van der Waals surface area contributed by atoms with E-state index < -0.39 is 0 Å². The van der Waals surface area contributed by atoms with Gasteiger partial charge in [0.15, 0.2) is 0 Å². The first-order valence-electron chi connectivity index (χ1n) is 8.51. The number of carbonyl (C=O) groups is 2. The molecule has 0 aromatic heterocycles. The highest BCUT2D eigenvalue weighted by Gasteiger charge is 2.24. The van der Waals surface area contributed by atoms with E-state index in [4.69, 9.17) is 9.47 Å². The fourth-order valence-electron chi connectivity index (χ4n) is 1.99. The van der Waals surface area contributed by atoms with Gasteiger partial charge in [0.1, 0.15) is 0 Å². The first-order valence-corrected chi connectivity index (χ1v) is 8.51. The molecule has 0 radical (unpaired) electrons. The number of ether oxygens (including phenoxy) is 2. The number of nitrogens with one attached hydrogen (secondary N) is 2. The van der Waals surface area contributed by atoms with Crippen molar-refractivity contribution < 1.29 is 19.1 Å². The number of carbonyl (C=O) groups excluding carboxylic acids is 2. The zero-order chi connectivity index (χ0) is 17.8. The van der Waals surface area contributed by atoms with E-state index in [0.29, 0.717) is 26.3 Å². The molecule has 0 aliphatic rings. The molecule has 0 aromatic rings. The van der Waals surface area contributed by atoms with Crippen LogP contribution in [-0.4, -0.2) is 50.3 Å². The van der Waals surface area contributed by atoms with Crippen LogP contribution in [0, 0.1) is 11.8 Å². The maximum Gasteiger partial charge on any atom is 0.223 e. The maximum atomic E-state index is 12.2. The molecule has 2 amide bonds. The molecule has 0 rings (SSSR count). The quantitative estimate of drug-likeness (QED) is 0.534. The number of amides is 2. The highest BCUT2D eigenvalue weighted by atomic mass is 16.5. The Morgan fingerprint density at radius 3 is 1.74 bits per heavy atom. The van der Waals surface area contributed by atoms with E-state index in [1.165, 1.54) is 0 Å². The van der Waals surface area contributed by atoms with Gasteiger partial charge in [-0.15, -0.1) is 0 Å². The van der Waals surface area contributed by atoms with Crippen LogP contribution >= 0.6 is 0 Å². The summed E-state index contributed by atoms with van der Waals surface area (Å²) in [6.07, 6.45) is 0.483. The Hall–Kier alpha value is -1.14. The van der Waals surface area contributed by atoms with Gasteiger partial charge in [0, 0.05) is 25.4 Å². The molecule has 0 aliphatic carbocycles. The van der Waals surface area contributed by atoms with E-state index in [1.54, 1.807) is 0 Å². The predicted molar refractivity (Wildman–Crippen MR) is 91.1 cm³/mol. The second-order valence-electron chi connectivity index (χ2n) is 6.53. The lowest BCUT2D eigenvalue weighted by atomic mass is 9.91. The van der Waals surface area contributed by atoms with E-state index in [-0.39, 0.29) is 42.3 Å². The average Bonchev–Trinajstić information content (AvgIpc) is 2.44. The van der Waals surface area contributed by atoms with Crippen molar-refractivity contribution in [3.8, 4) is 0 Å². The van der Waals surface area contributed by atoms with Crippen molar-refractivity contribution in [3.05, 3.63) is 0 Å². The molecule has 0 heterocycles. The Balaban J connectivity index is 4.13. The highest BCUT2D eigenvalue weighted by molar-refractivity contribution is 5.85. The molecular formula is C17H34N2O4. The van der Waals surface area contributed by atoms with Crippen molar-refractivity contribution in [1.29, 1.82) is 0 Å². The molecule has 0 saturated carbocycles. The van der Waals surface area contributed by atoms with Gasteiger partial charge in [-0.3, -0.25) is 9.59 Å². The van der Waals surface area contributed by atoms with Gasteiger partial charge < -0.3 is 20.1 Å². The van der Waals surface area contributed by atoms with Crippen molar-refractivity contribution >= 4 is 11.8 Å². The molecular weight excluding hydrogens is 296 g/mol. The van der Waals surface area contributed by atoms with Crippen LogP contribution in [0.2, 0.25) is 0 Å². The molecule has 136 valence electrons. The minimum atomic E-state index is -0.333. The first-order chi connectivity index (χ1) is 10.7.